The number of hydrogen-bond donors (Lipinski definition) is 1. The van der Waals surface area contributed by atoms with Crippen molar-refractivity contribution >= 4 is 17.5 Å². The lowest BCUT2D eigenvalue weighted by Crippen LogP contribution is -2.35. The van der Waals surface area contributed by atoms with Crippen LogP contribution in [0.4, 0.5) is 23.5 Å². The van der Waals surface area contributed by atoms with Crippen LogP contribution in [-0.4, -0.2) is 40.5 Å². The Morgan fingerprint density at radius 1 is 1.32 bits per heavy atom. The minimum Gasteiger partial charge on any atom is -0.463 e. The summed E-state index contributed by atoms with van der Waals surface area (Å²) in [4.78, 5) is 10.7. The summed E-state index contributed by atoms with van der Waals surface area (Å²) < 4.78 is 54.3. The fourth-order valence-electron chi connectivity index (χ4n) is 0.943. The molecule has 0 aliphatic carbocycles. The molecule has 0 aliphatic rings. The fraction of sp³-hybridized carbons (Fsp3) is 0.667. The third-order valence-electron chi connectivity index (χ3n) is 1.82. The molecule has 0 atom stereocenters. The Labute approximate surface area is 111 Å². The first-order valence-corrected chi connectivity index (χ1v) is 5.67. The summed E-state index contributed by atoms with van der Waals surface area (Å²) in [5.41, 5.74) is 0. The maximum Gasteiger partial charge on any atom is 0.324 e. The number of hydrogen-bond acceptors (Lipinski definition) is 5. The van der Waals surface area contributed by atoms with E-state index >= 15 is 0 Å². The van der Waals surface area contributed by atoms with Gasteiger partial charge in [-0.15, -0.1) is 0 Å². The molecule has 1 heterocycles. The van der Waals surface area contributed by atoms with Crippen LogP contribution in [-0.2, 0) is 0 Å². The average molecular weight is 303 g/mol. The highest BCUT2D eigenvalue weighted by Crippen LogP contribution is 2.23. The van der Waals surface area contributed by atoms with Crippen molar-refractivity contribution in [3.63, 3.8) is 0 Å². The molecule has 0 aromatic carbocycles. The van der Waals surface area contributed by atoms with Gasteiger partial charge in [-0.05, 0) is 18.0 Å². The van der Waals surface area contributed by atoms with Gasteiger partial charge in [-0.3, -0.25) is 0 Å². The molecule has 0 unspecified atom stereocenters. The Kier molecular flexibility index (Phi) is 5.52. The molecule has 0 saturated heterocycles. The number of ether oxygens (including phenoxy) is 1. The number of halogens is 5. The molecule has 0 saturated carbocycles. The Hall–Kier alpha value is -1.38. The van der Waals surface area contributed by atoms with Crippen molar-refractivity contribution in [3.05, 3.63) is 5.28 Å². The summed E-state index contributed by atoms with van der Waals surface area (Å²) in [5.74, 6) is -4.55. The third-order valence-corrected chi connectivity index (χ3v) is 1.99. The molecule has 10 heteroatoms. The summed E-state index contributed by atoms with van der Waals surface area (Å²) in [6, 6.07) is -0.162. The number of nitrogens with one attached hydrogen (secondary N) is 1. The SMILES string of the molecule is CCCOc1nc(Cl)nc(NCC(F)(F)C(F)F)n1. The van der Waals surface area contributed by atoms with Gasteiger partial charge in [-0.2, -0.15) is 23.7 Å². The molecule has 19 heavy (non-hydrogen) atoms. The molecule has 108 valence electrons. The van der Waals surface area contributed by atoms with E-state index in [9.17, 15) is 17.6 Å². The van der Waals surface area contributed by atoms with Gasteiger partial charge < -0.3 is 10.1 Å². The van der Waals surface area contributed by atoms with E-state index in [4.69, 9.17) is 16.3 Å². The van der Waals surface area contributed by atoms with E-state index in [2.05, 4.69) is 15.0 Å². The first-order chi connectivity index (χ1) is 8.85. The number of nitrogens with zero attached hydrogens (tertiary/aromatic N) is 3. The number of alkyl halides is 4. The standard InChI is InChI=1S/C9H11ClF4N4O/c1-2-3-19-8-17-6(10)16-7(18-8)15-4-9(13,14)5(11)12/h5H,2-4H2,1H3,(H,15,16,17,18). The molecular formula is C9H11ClF4N4O. The highest BCUT2D eigenvalue weighted by molar-refractivity contribution is 6.28. The molecule has 1 aromatic rings. The van der Waals surface area contributed by atoms with E-state index in [1.807, 2.05) is 12.2 Å². The van der Waals surface area contributed by atoms with Gasteiger partial charge in [0.25, 0.3) is 0 Å². The van der Waals surface area contributed by atoms with Gasteiger partial charge in [0, 0.05) is 0 Å². The Morgan fingerprint density at radius 3 is 2.58 bits per heavy atom. The monoisotopic (exact) mass is 302 g/mol. The van der Waals surface area contributed by atoms with Gasteiger partial charge >= 0.3 is 18.4 Å². The molecule has 1 aromatic heterocycles. The van der Waals surface area contributed by atoms with E-state index in [1.54, 1.807) is 0 Å². The molecule has 0 radical (unpaired) electrons. The highest BCUT2D eigenvalue weighted by Gasteiger charge is 2.40. The minimum atomic E-state index is -4.19. The Balaban J connectivity index is 2.70. The van der Waals surface area contributed by atoms with Crippen molar-refractivity contribution in [1.29, 1.82) is 0 Å². The first kappa shape index (κ1) is 15.7. The third kappa shape index (κ3) is 5.01. The molecule has 0 amide bonds. The van der Waals surface area contributed by atoms with Gasteiger partial charge in [0.2, 0.25) is 11.2 Å². The molecular weight excluding hydrogens is 292 g/mol. The van der Waals surface area contributed by atoms with Crippen molar-refractivity contribution < 1.29 is 22.3 Å². The second kappa shape index (κ2) is 6.69. The van der Waals surface area contributed by atoms with Gasteiger partial charge in [-0.1, -0.05) is 6.92 Å². The van der Waals surface area contributed by atoms with Gasteiger partial charge in [0.1, 0.15) is 0 Å². The van der Waals surface area contributed by atoms with Crippen LogP contribution in [0.15, 0.2) is 0 Å². The van der Waals surface area contributed by atoms with Crippen LogP contribution in [0.25, 0.3) is 0 Å². The van der Waals surface area contributed by atoms with Crippen LogP contribution < -0.4 is 10.1 Å². The van der Waals surface area contributed by atoms with Gasteiger partial charge in [0.15, 0.2) is 0 Å². The van der Waals surface area contributed by atoms with Crippen molar-refractivity contribution in [3.8, 4) is 6.01 Å². The molecule has 5 nitrogen and oxygen atoms in total. The molecule has 0 aliphatic heterocycles. The molecule has 0 bridgehead atoms. The normalized spacial score (nSPS) is 11.7. The second-order valence-corrected chi connectivity index (χ2v) is 3.81. The van der Waals surface area contributed by atoms with Crippen molar-refractivity contribution in [2.24, 2.45) is 0 Å². The quantitative estimate of drug-likeness (QED) is 0.785. The summed E-state index contributed by atoms with van der Waals surface area (Å²) in [5, 5.41) is 1.68. The van der Waals surface area contributed by atoms with Crippen molar-refractivity contribution in [2.75, 3.05) is 18.5 Å². The average Bonchev–Trinajstić information content (AvgIpc) is 2.33. The highest BCUT2D eigenvalue weighted by atomic mass is 35.5. The second-order valence-electron chi connectivity index (χ2n) is 3.47. The Morgan fingerprint density at radius 2 is 2.00 bits per heavy atom. The van der Waals surface area contributed by atoms with Crippen molar-refractivity contribution in [2.45, 2.75) is 25.7 Å². The molecule has 0 fully saturated rings. The molecule has 1 rings (SSSR count). The summed E-state index contributed by atoms with van der Waals surface area (Å²) >= 11 is 5.52. The molecule has 1 N–H and O–H groups in total. The van der Waals surface area contributed by atoms with Crippen LogP contribution >= 0.6 is 11.6 Å². The van der Waals surface area contributed by atoms with Crippen LogP contribution in [0.5, 0.6) is 6.01 Å². The lowest BCUT2D eigenvalue weighted by Gasteiger charge is -2.15. The number of aromatic nitrogens is 3. The van der Waals surface area contributed by atoms with Crippen LogP contribution in [0, 0.1) is 0 Å². The van der Waals surface area contributed by atoms with Gasteiger partial charge in [-0.25, -0.2) is 8.78 Å². The smallest absolute Gasteiger partial charge is 0.324 e. The zero-order valence-electron chi connectivity index (χ0n) is 9.84. The van der Waals surface area contributed by atoms with E-state index < -0.39 is 18.9 Å². The molecule has 0 spiro atoms. The van der Waals surface area contributed by atoms with Crippen LogP contribution in [0.3, 0.4) is 0 Å². The predicted octanol–water partition coefficient (Wildman–Crippen LogP) is 2.63. The minimum absolute atomic E-state index is 0.162. The van der Waals surface area contributed by atoms with E-state index in [0.29, 0.717) is 13.0 Å². The van der Waals surface area contributed by atoms with E-state index in [-0.39, 0.29) is 17.2 Å². The van der Waals surface area contributed by atoms with E-state index in [0.717, 1.165) is 0 Å². The number of anilines is 1. The summed E-state index contributed by atoms with van der Waals surface area (Å²) in [7, 11) is 0. The maximum absolute atomic E-state index is 12.7. The maximum atomic E-state index is 12.7. The fourth-order valence-corrected chi connectivity index (χ4v) is 1.10. The largest absolute Gasteiger partial charge is 0.463 e. The zero-order valence-corrected chi connectivity index (χ0v) is 10.6. The Bertz CT molecular complexity index is 421. The van der Waals surface area contributed by atoms with Crippen molar-refractivity contribution in [1.82, 2.24) is 15.0 Å². The summed E-state index contributed by atoms with van der Waals surface area (Å²) in [6.07, 6.45) is -3.11. The van der Waals surface area contributed by atoms with Gasteiger partial charge in [0.05, 0.1) is 13.2 Å². The first-order valence-electron chi connectivity index (χ1n) is 5.29. The zero-order chi connectivity index (χ0) is 14.5. The van der Waals surface area contributed by atoms with Crippen LogP contribution in [0.2, 0.25) is 5.28 Å². The number of rotatable bonds is 7. The topological polar surface area (TPSA) is 59.9 Å². The predicted molar refractivity (Wildman–Crippen MR) is 60.1 cm³/mol. The van der Waals surface area contributed by atoms with E-state index in [1.165, 1.54) is 0 Å². The lowest BCUT2D eigenvalue weighted by molar-refractivity contribution is -0.117. The lowest BCUT2D eigenvalue weighted by atomic mass is 10.3. The summed E-state index contributed by atoms with van der Waals surface area (Å²) in [6.45, 7) is 0.816. The van der Waals surface area contributed by atoms with Crippen LogP contribution in [0.1, 0.15) is 13.3 Å².